The molecule has 0 spiro atoms. The number of nitrogens with one attached hydrogen (secondary N) is 1. The van der Waals surface area contributed by atoms with Crippen LogP contribution in [0.5, 0.6) is 0 Å². The van der Waals surface area contributed by atoms with Crippen LogP contribution >= 0.6 is 11.3 Å². The molecule has 0 bridgehead atoms. The molecule has 1 amide bonds. The smallest absolute Gasteiger partial charge is 0.261 e. The van der Waals surface area contributed by atoms with E-state index >= 15 is 0 Å². The molecule has 0 saturated carbocycles. The Morgan fingerprint density at radius 2 is 1.86 bits per heavy atom. The molecule has 7 nitrogen and oxygen atoms in total. The summed E-state index contributed by atoms with van der Waals surface area (Å²) < 4.78 is 0. The Hall–Kier alpha value is -2.87. The van der Waals surface area contributed by atoms with Gasteiger partial charge in [0.25, 0.3) is 5.91 Å². The summed E-state index contributed by atoms with van der Waals surface area (Å²) in [5.41, 5.74) is 2.75. The van der Waals surface area contributed by atoms with Crippen LogP contribution in [0.1, 0.15) is 49.7 Å². The molecule has 4 heterocycles. The lowest BCUT2D eigenvalue weighted by molar-refractivity contribution is 0.102. The van der Waals surface area contributed by atoms with Crippen molar-refractivity contribution in [3.8, 4) is 11.3 Å². The predicted octanol–water partition coefficient (Wildman–Crippen LogP) is 4.15. The Bertz CT molecular complexity index is 1010. The van der Waals surface area contributed by atoms with Crippen LogP contribution in [0.2, 0.25) is 0 Å². The van der Waals surface area contributed by atoms with Crippen molar-refractivity contribution in [1.82, 2.24) is 19.9 Å². The first-order valence-corrected chi connectivity index (χ1v) is 10.6. The van der Waals surface area contributed by atoms with Crippen LogP contribution in [-0.4, -0.2) is 38.9 Å². The molecule has 4 rings (SSSR count). The van der Waals surface area contributed by atoms with E-state index in [1.807, 2.05) is 17.5 Å². The van der Waals surface area contributed by atoms with Gasteiger partial charge in [-0.05, 0) is 25.0 Å². The normalized spacial score (nSPS) is 14.2. The first kappa shape index (κ1) is 19.4. The number of hydrogen-bond donors (Lipinski definition) is 1. The zero-order valence-electron chi connectivity index (χ0n) is 16.8. The maximum atomic E-state index is 13.0. The summed E-state index contributed by atoms with van der Waals surface area (Å²) >= 11 is 1.42. The first-order chi connectivity index (χ1) is 13.9. The SMILES string of the molecule is CC(C)(C)c1csc(NC(=O)c2cnc(N3CCCC3)nc2-c2ccncc2)n1. The Balaban J connectivity index is 1.66. The maximum absolute atomic E-state index is 13.0. The lowest BCUT2D eigenvalue weighted by atomic mass is 9.93. The Morgan fingerprint density at radius 3 is 2.52 bits per heavy atom. The van der Waals surface area contributed by atoms with Crippen molar-refractivity contribution in [2.45, 2.75) is 39.0 Å². The maximum Gasteiger partial charge on any atom is 0.261 e. The molecule has 3 aromatic rings. The number of rotatable bonds is 4. The molecule has 1 aliphatic heterocycles. The number of thiazole rings is 1. The lowest BCUT2D eigenvalue weighted by Gasteiger charge is -2.17. The summed E-state index contributed by atoms with van der Waals surface area (Å²) in [7, 11) is 0. The molecule has 29 heavy (non-hydrogen) atoms. The molecule has 0 radical (unpaired) electrons. The molecule has 150 valence electrons. The van der Waals surface area contributed by atoms with Crippen molar-refractivity contribution in [3.63, 3.8) is 0 Å². The number of amides is 1. The van der Waals surface area contributed by atoms with Crippen LogP contribution in [0.25, 0.3) is 11.3 Å². The molecular weight excluding hydrogens is 384 g/mol. The number of nitrogens with zero attached hydrogens (tertiary/aromatic N) is 5. The van der Waals surface area contributed by atoms with E-state index in [0.717, 1.165) is 37.2 Å². The highest BCUT2D eigenvalue weighted by Gasteiger charge is 2.22. The highest BCUT2D eigenvalue weighted by molar-refractivity contribution is 7.14. The number of aromatic nitrogens is 4. The lowest BCUT2D eigenvalue weighted by Crippen LogP contribution is -2.22. The van der Waals surface area contributed by atoms with Crippen LogP contribution in [0.3, 0.4) is 0 Å². The van der Waals surface area contributed by atoms with Crippen LogP contribution < -0.4 is 10.2 Å². The predicted molar refractivity (Wildman–Crippen MR) is 115 cm³/mol. The second kappa shape index (κ2) is 7.87. The molecule has 1 saturated heterocycles. The van der Waals surface area contributed by atoms with Gasteiger partial charge >= 0.3 is 0 Å². The zero-order valence-corrected chi connectivity index (χ0v) is 17.7. The second-order valence-electron chi connectivity index (χ2n) is 8.10. The summed E-state index contributed by atoms with van der Waals surface area (Å²) in [6.45, 7) is 8.17. The van der Waals surface area contributed by atoms with E-state index < -0.39 is 0 Å². The van der Waals surface area contributed by atoms with Crippen LogP contribution in [-0.2, 0) is 5.41 Å². The molecule has 1 aliphatic rings. The van der Waals surface area contributed by atoms with Crippen molar-refractivity contribution < 1.29 is 4.79 Å². The fourth-order valence-corrected chi connectivity index (χ4v) is 4.11. The summed E-state index contributed by atoms with van der Waals surface area (Å²) in [5.74, 6) is 0.398. The highest BCUT2D eigenvalue weighted by atomic mass is 32.1. The summed E-state index contributed by atoms with van der Waals surface area (Å²) in [4.78, 5) is 33.1. The van der Waals surface area contributed by atoms with Gasteiger partial charge < -0.3 is 4.90 Å². The molecule has 0 unspecified atom stereocenters. The minimum absolute atomic E-state index is 0.0673. The van der Waals surface area contributed by atoms with E-state index in [2.05, 4.69) is 45.9 Å². The van der Waals surface area contributed by atoms with Crippen molar-refractivity contribution in [1.29, 1.82) is 0 Å². The van der Waals surface area contributed by atoms with E-state index in [4.69, 9.17) is 4.98 Å². The van der Waals surface area contributed by atoms with Gasteiger partial charge in [0, 0.05) is 48.0 Å². The Kier molecular flexibility index (Phi) is 5.27. The van der Waals surface area contributed by atoms with E-state index in [1.54, 1.807) is 18.6 Å². The van der Waals surface area contributed by atoms with Gasteiger partial charge in [-0.15, -0.1) is 11.3 Å². The third-order valence-electron chi connectivity index (χ3n) is 4.86. The number of hydrogen-bond acceptors (Lipinski definition) is 7. The third kappa shape index (κ3) is 4.27. The first-order valence-electron chi connectivity index (χ1n) is 9.71. The van der Waals surface area contributed by atoms with Gasteiger partial charge in [-0.25, -0.2) is 15.0 Å². The molecule has 0 aliphatic carbocycles. The fraction of sp³-hybridized carbons (Fsp3) is 0.381. The molecule has 8 heteroatoms. The van der Waals surface area contributed by atoms with Crippen LogP contribution in [0, 0.1) is 0 Å². The standard InChI is InChI=1S/C21H24N6OS/c1-21(2,3)16-13-29-20(24-16)26-18(28)15-12-23-19(27-10-4-5-11-27)25-17(15)14-6-8-22-9-7-14/h6-9,12-13H,4-5,10-11H2,1-3H3,(H,24,26,28). The van der Waals surface area contributed by atoms with E-state index in [-0.39, 0.29) is 11.3 Å². The summed E-state index contributed by atoms with van der Waals surface area (Å²) in [5, 5.41) is 5.46. The number of anilines is 2. The molecule has 0 aromatic carbocycles. The number of pyridine rings is 1. The average molecular weight is 409 g/mol. The van der Waals surface area contributed by atoms with E-state index in [0.29, 0.717) is 22.3 Å². The third-order valence-corrected chi connectivity index (χ3v) is 5.61. The second-order valence-corrected chi connectivity index (χ2v) is 8.96. The van der Waals surface area contributed by atoms with Gasteiger partial charge in [-0.3, -0.25) is 15.1 Å². The van der Waals surface area contributed by atoms with Gasteiger partial charge in [0.1, 0.15) is 0 Å². The topological polar surface area (TPSA) is 83.9 Å². The van der Waals surface area contributed by atoms with Gasteiger partial charge in [0.15, 0.2) is 5.13 Å². The van der Waals surface area contributed by atoms with Crippen molar-refractivity contribution in [2.24, 2.45) is 0 Å². The van der Waals surface area contributed by atoms with Crippen LogP contribution in [0.15, 0.2) is 36.1 Å². The minimum Gasteiger partial charge on any atom is -0.341 e. The quantitative estimate of drug-likeness (QED) is 0.698. The highest BCUT2D eigenvalue weighted by Crippen LogP contribution is 2.28. The van der Waals surface area contributed by atoms with Crippen molar-refractivity contribution in [2.75, 3.05) is 23.3 Å². The van der Waals surface area contributed by atoms with Gasteiger partial charge in [-0.1, -0.05) is 20.8 Å². The number of carbonyl (C=O) groups excluding carboxylic acids is 1. The van der Waals surface area contributed by atoms with Crippen molar-refractivity contribution >= 4 is 28.3 Å². The Labute approximate surface area is 174 Å². The van der Waals surface area contributed by atoms with Gasteiger partial charge in [0.2, 0.25) is 5.95 Å². The number of carbonyl (C=O) groups is 1. The Morgan fingerprint density at radius 1 is 1.14 bits per heavy atom. The monoisotopic (exact) mass is 408 g/mol. The van der Waals surface area contributed by atoms with Crippen LogP contribution in [0.4, 0.5) is 11.1 Å². The zero-order chi connectivity index (χ0) is 20.4. The fourth-order valence-electron chi connectivity index (χ4n) is 3.18. The minimum atomic E-state index is -0.264. The largest absolute Gasteiger partial charge is 0.341 e. The summed E-state index contributed by atoms with van der Waals surface area (Å²) in [6.07, 6.45) is 7.28. The van der Waals surface area contributed by atoms with E-state index in [1.165, 1.54) is 11.3 Å². The summed E-state index contributed by atoms with van der Waals surface area (Å²) in [6, 6.07) is 3.71. The molecular formula is C21H24N6OS. The van der Waals surface area contributed by atoms with Gasteiger partial charge in [-0.2, -0.15) is 0 Å². The molecule has 0 atom stereocenters. The molecule has 3 aromatic heterocycles. The average Bonchev–Trinajstić information content (AvgIpc) is 3.40. The molecule has 1 fully saturated rings. The molecule has 1 N–H and O–H groups in total. The van der Waals surface area contributed by atoms with E-state index in [9.17, 15) is 4.79 Å². The van der Waals surface area contributed by atoms with Gasteiger partial charge in [0.05, 0.1) is 17.0 Å². The van der Waals surface area contributed by atoms with Crippen molar-refractivity contribution in [3.05, 3.63) is 47.4 Å².